The molecule has 0 aromatic heterocycles. The smallest absolute Gasteiger partial charge is 0.243 e. The van der Waals surface area contributed by atoms with Crippen molar-refractivity contribution in [3.05, 3.63) is 56.9 Å². The van der Waals surface area contributed by atoms with E-state index in [1.807, 2.05) is 24.3 Å². The highest BCUT2D eigenvalue weighted by Crippen LogP contribution is 2.19. The highest BCUT2D eigenvalue weighted by Gasteiger charge is 2.05. The Hall–Kier alpha value is -1.34. The number of nitrogens with one attached hydrogen (secondary N) is 2. The fourth-order valence-corrected chi connectivity index (χ4v) is 2.07. The van der Waals surface area contributed by atoms with Gasteiger partial charge >= 0.3 is 0 Å². The van der Waals surface area contributed by atoms with Crippen molar-refractivity contribution in [1.29, 1.82) is 0 Å². The Morgan fingerprint density at radius 1 is 1.15 bits per heavy atom. The average Bonchev–Trinajstić information content (AvgIpc) is 2.42. The van der Waals surface area contributed by atoms with E-state index in [0.717, 1.165) is 9.26 Å². The summed E-state index contributed by atoms with van der Waals surface area (Å²) in [6.07, 6.45) is 0. The Morgan fingerprint density at radius 3 is 2.45 bits per heavy atom. The fourth-order valence-electron chi connectivity index (χ4n) is 1.53. The van der Waals surface area contributed by atoms with Crippen LogP contribution in [0.25, 0.3) is 0 Å². The van der Waals surface area contributed by atoms with Gasteiger partial charge in [-0.1, -0.05) is 11.6 Å². The van der Waals surface area contributed by atoms with Crippen LogP contribution in [0.4, 0.5) is 15.8 Å². The lowest BCUT2D eigenvalue weighted by atomic mass is 10.3. The zero-order valence-corrected chi connectivity index (χ0v) is 13.2. The molecule has 2 N–H and O–H groups in total. The second-order valence-corrected chi connectivity index (χ2v) is 5.69. The van der Waals surface area contributed by atoms with Gasteiger partial charge in [0.2, 0.25) is 5.91 Å². The Balaban J connectivity index is 1.89. The number of benzene rings is 2. The minimum absolute atomic E-state index is 0.0200. The molecule has 0 spiro atoms. The number of halogens is 3. The highest BCUT2D eigenvalue weighted by molar-refractivity contribution is 14.1. The maximum atomic E-state index is 13.0. The first-order valence-electron chi connectivity index (χ1n) is 5.79. The predicted molar refractivity (Wildman–Crippen MR) is 87.7 cm³/mol. The molecule has 2 rings (SSSR count). The Kier molecular flexibility index (Phi) is 5.19. The van der Waals surface area contributed by atoms with Crippen molar-refractivity contribution < 1.29 is 9.18 Å². The Labute approximate surface area is 134 Å². The van der Waals surface area contributed by atoms with Gasteiger partial charge in [-0.2, -0.15) is 0 Å². The van der Waals surface area contributed by atoms with Gasteiger partial charge in [-0.25, -0.2) is 4.39 Å². The van der Waals surface area contributed by atoms with Crippen LogP contribution >= 0.6 is 34.2 Å². The van der Waals surface area contributed by atoms with E-state index in [1.54, 1.807) is 0 Å². The molecule has 6 heteroatoms. The van der Waals surface area contributed by atoms with Gasteiger partial charge in [0.25, 0.3) is 0 Å². The number of anilines is 2. The molecule has 0 heterocycles. The second-order valence-electron chi connectivity index (χ2n) is 4.04. The van der Waals surface area contributed by atoms with E-state index in [1.165, 1.54) is 18.2 Å². The molecular weight excluding hydrogens is 394 g/mol. The molecule has 0 aliphatic heterocycles. The third kappa shape index (κ3) is 4.35. The summed E-state index contributed by atoms with van der Waals surface area (Å²) in [5.74, 6) is -0.743. The van der Waals surface area contributed by atoms with Crippen molar-refractivity contribution in [2.75, 3.05) is 17.2 Å². The summed E-state index contributed by atoms with van der Waals surface area (Å²) in [4.78, 5) is 11.7. The van der Waals surface area contributed by atoms with Crippen molar-refractivity contribution in [3.8, 4) is 0 Å². The van der Waals surface area contributed by atoms with E-state index in [4.69, 9.17) is 11.6 Å². The van der Waals surface area contributed by atoms with E-state index in [-0.39, 0.29) is 17.5 Å². The zero-order valence-electron chi connectivity index (χ0n) is 10.3. The van der Waals surface area contributed by atoms with Crippen molar-refractivity contribution in [2.24, 2.45) is 0 Å². The molecule has 104 valence electrons. The zero-order chi connectivity index (χ0) is 14.5. The number of hydrogen-bond acceptors (Lipinski definition) is 2. The van der Waals surface area contributed by atoms with Crippen LogP contribution < -0.4 is 10.6 Å². The number of carbonyl (C=O) groups excluding carboxylic acids is 1. The quantitative estimate of drug-likeness (QED) is 0.752. The summed E-state index contributed by atoms with van der Waals surface area (Å²) >= 11 is 7.85. The molecule has 0 saturated carbocycles. The molecule has 0 aliphatic carbocycles. The monoisotopic (exact) mass is 404 g/mol. The van der Waals surface area contributed by atoms with Crippen LogP contribution in [0.15, 0.2) is 42.5 Å². The third-order valence-corrected chi connectivity index (χ3v) is 3.51. The number of hydrogen-bond donors (Lipinski definition) is 2. The standard InChI is InChI=1S/C14H11ClFIN2O/c15-12-7-11(5-6-13(12)16)19-14(20)8-18-10-3-1-9(17)2-4-10/h1-7,18H,8H2,(H,19,20). The molecule has 20 heavy (non-hydrogen) atoms. The average molecular weight is 405 g/mol. The van der Waals surface area contributed by atoms with E-state index >= 15 is 0 Å². The van der Waals surface area contributed by atoms with E-state index in [0.29, 0.717) is 5.69 Å². The van der Waals surface area contributed by atoms with Crippen molar-refractivity contribution in [2.45, 2.75) is 0 Å². The largest absolute Gasteiger partial charge is 0.376 e. The maximum Gasteiger partial charge on any atom is 0.243 e. The first-order valence-corrected chi connectivity index (χ1v) is 7.24. The maximum absolute atomic E-state index is 13.0. The second kappa shape index (κ2) is 6.90. The SMILES string of the molecule is O=C(CNc1ccc(I)cc1)Nc1ccc(F)c(Cl)c1. The molecule has 0 aliphatic rings. The molecular formula is C14H11ClFIN2O. The highest BCUT2D eigenvalue weighted by atomic mass is 127. The van der Waals surface area contributed by atoms with Gasteiger partial charge in [-0.3, -0.25) is 4.79 Å². The van der Waals surface area contributed by atoms with Gasteiger partial charge < -0.3 is 10.6 Å². The lowest BCUT2D eigenvalue weighted by Gasteiger charge is -2.08. The topological polar surface area (TPSA) is 41.1 Å². The molecule has 0 atom stereocenters. The van der Waals surface area contributed by atoms with Crippen LogP contribution in [0.2, 0.25) is 5.02 Å². The summed E-state index contributed by atoms with van der Waals surface area (Å²) in [6, 6.07) is 11.7. The third-order valence-electron chi connectivity index (χ3n) is 2.50. The molecule has 0 radical (unpaired) electrons. The lowest BCUT2D eigenvalue weighted by Crippen LogP contribution is -2.21. The minimum atomic E-state index is -0.512. The molecule has 3 nitrogen and oxygen atoms in total. The first kappa shape index (κ1) is 15.1. The van der Waals surface area contributed by atoms with Crippen LogP contribution in [0.1, 0.15) is 0 Å². The molecule has 1 amide bonds. The van der Waals surface area contributed by atoms with Gasteiger partial charge in [0.1, 0.15) is 5.82 Å². The van der Waals surface area contributed by atoms with Crippen LogP contribution in [-0.2, 0) is 4.79 Å². The summed E-state index contributed by atoms with van der Waals surface area (Å²) in [5.41, 5.74) is 1.32. The molecule has 2 aromatic carbocycles. The summed E-state index contributed by atoms with van der Waals surface area (Å²) in [7, 11) is 0. The number of rotatable bonds is 4. The van der Waals surface area contributed by atoms with Gasteiger partial charge in [-0.15, -0.1) is 0 Å². The van der Waals surface area contributed by atoms with E-state index in [9.17, 15) is 9.18 Å². The van der Waals surface area contributed by atoms with Gasteiger partial charge in [-0.05, 0) is 65.1 Å². The van der Waals surface area contributed by atoms with E-state index in [2.05, 4.69) is 33.2 Å². The summed E-state index contributed by atoms with van der Waals surface area (Å²) < 4.78 is 14.1. The molecule has 2 aromatic rings. The van der Waals surface area contributed by atoms with Crippen molar-refractivity contribution in [3.63, 3.8) is 0 Å². The number of carbonyl (C=O) groups is 1. The molecule has 0 unspecified atom stereocenters. The van der Waals surface area contributed by atoms with Gasteiger partial charge in [0, 0.05) is 14.9 Å². The van der Waals surface area contributed by atoms with Crippen LogP contribution in [0.5, 0.6) is 0 Å². The van der Waals surface area contributed by atoms with Crippen LogP contribution in [0.3, 0.4) is 0 Å². The minimum Gasteiger partial charge on any atom is -0.376 e. The predicted octanol–water partition coefficient (Wildman–Crippen LogP) is 4.13. The van der Waals surface area contributed by atoms with Crippen molar-refractivity contribution >= 4 is 51.5 Å². The van der Waals surface area contributed by atoms with Crippen molar-refractivity contribution in [1.82, 2.24) is 0 Å². The Bertz CT molecular complexity index is 619. The normalized spacial score (nSPS) is 10.2. The summed E-state index contributed by atoms with van der Waals surface area (Å²) in [6.45, 7) is 0.121. The lowest BCUT2D eigenvalue weighted by molar-refractivity contribution is -0.114. The Morgan fingerprint density at radius 2 is 1.80 bits per heavy atom. The molecule has 0 saturated heterocycles. The van der Waals surface area contributed by atoms with E-state index < -0.39 is 5.82 Å². The molecule has 0 fully saturated rings. The molecule has 0 bridgehead atoms. The summed E-state index contributed by atoms with van der Waals surface area (Å²) in [5, 5.41) is 5.61. The van der Waals surface area contributed by atoms with Gasteiger partial charge in [0.05, 0.1) is 11.6 Å². The first-order chi connectivity index (χ1) is 9.54. The number of amides is 1. The van der Waals surface area contributed by atoms with Crippen LogP contribution in [0, 0.1) is 9.39 Å². The fraction of sp³-hybridized carbons (Fsp3) is 0.0714. The van der Waals surface area contributed by atoms with Gasteiger partial charge in [0.15, 0.2) is 0 Å². The van der Waals surface area contributed by atoms with Crippen LogP contribution in [-0.4, -0.2) is 12.5 Å².